The highest BCUT2D eigenvalue weighted by Crippen LogP contribution is 2.39. The molecule has 3 N–H and O–H groups in total. The topological polar surface area (TPSA) is 44.3 Å². The smallest absolute Gasteiger partial charge is 0.396 e. The molecule has 0 bridgehead atoms. The molecule has 1 aliphatic rings. The molecule has 3 nitrogen and oxygen atoms in total. The van der Waals surface area contributed by atoms with Crippen molar-refractivity contribution in [2.45, 2.75) is 50.0 Å². The Labute approximate surface area is 182 Å². The molecule has 0 fully saturated rings. The first-order valence-corrected chi connectivity index (χ1v) is 9.79. The van der Waals surface area contributed by atoms with Crippen LogP contribution in [-0.2, 0) is 25.1 Å². The van der Waals surface area contributed by atoms with Gasteiger partial charge >= 0.3 is 18.5 Å². The molecule has 0 aliphatic carbocycles. The Morgan fingerprint density at radius 1 is 0.818 bits per heavy atom. The van der Waals surface area contributed by atoms with Crippen molar-refractivity contribution in [2.75, 3.05) is 11.9 Å². The van der Waals surface area contributed by atoms with Crippen LogP contribution in [-0.4, -0.2) is 17.8 Å². The van der Waals surface area contributed by atoms with Gasteiger partial charge in [0, 0.05) is 30.9 Å². The molecule has 0 radical (unpaired) electrons. The second-order valence-electron chi connectivity index (χ2n) is 7.74. The number of hydrogen-bond acceptors (Lipinski definition) is 3. The fourth-order valence-electron chi connectivity index (χ4n) is 3.75. The molecule has 0 amide bonds. The number of anilines is 1. The molecule has 1 unspecified atom stereocenters. The Hall–Kier alpha value is -2.47. The maximum Gasteiger partial charge on any atom is 0.416 e. The zero-order valence-corrected chi connectivity index (χ0v) is 16.8. The molecule has 3 rings (SSSR count). The Bertz CT molecular complexity index is 951. The molecular weight excluding hydrogens is 467 g/mol. The normalized spacial score (nSPS) is 19.2. The van der Waals surface area contributed by atoms with E-state index < -0.39 is 47.8 Å². The number of rotatable bonds is 5. The number of aliphatic hydroxyl groups is 1. The summed E-state index contributed by atoms with van der Waals surface area (Å²) in [5.41, 5.74) is -3.68. The lowest BCUT2D eigenvalue weighted by molar-refractivity contribution is -0.143. The van der Waals surface area contributed by atoms with Crippen LogP contribution < -0.4 is 10.6 Å². The summed E-state index contributed by atoms with van der Waals surface area (Å²) in [6.45, 7) is -0.665. The van der Waals surface area contributed by atoms with Gasteiger partial charge < -0.3 is 15.7 Å². The van der Waals surface area contributed by atoms with Gasteiger partial charge in [-0.2, -0.15) is 39.5 Å². The van der Waals surface area contributed by atoms with Crippen LogP contribution in [0.2, 0.25) is 0 Å². The number of fused-ring (bicyclic) bond motifs is 1. The Morgan fingerprint density at radius 2 is 1.39 bits per heavy atom. The monoisotopic (exact) mass is 486 g/mol. The largest absolute Gasteiger partial charge is 0.416 e. The number of halogens is 9. The third kappa shape index (κ3) is 6.11. The van der Waals surface area contributed by atoms with Crippen LogP contribution >= 0.6 is 0 Å². The molecule has 2 aromatic rings. The van der Waals surface area contributed by atoms with E-state index in [4.69, 9.17) is 0 Å². The van der Waals surface area contributed by atoms with Crippen molar-refractivity contribution >= 4 is 5.69 Å². The average molecular weight is 486 g/mol. The highest BCUT2D eigenvalue weighted by molar-refractivity contribution is 5.57. The summed E-state index contributed by atoms with van der Waals surface area (Å²) in [6, 6.07) is 2.96. The molecular formula is C21H19F9N2O. The van der Waals surface area contributed by atoms with Gasteiger partial charge in [-0.05, 0) is 60.4 Å². The van der Waals surface area contributed by atoms with E-state index in [-0.39, 0.29) is 42.7 Å². The summed E-state index contributed by atoms with van der Waals surface area (Å²) in [5, 5.41) is 15.0. The summed E-state index contributed by atoms with van der Waals surface area (Å²) in [6.07, 6.45) is -14.2. The van der Waals surface area contributed by atoms with Crippen molar-refractivity contribution in [3.05, 3.63) is 64.2 Å². The second-order valence-corrected chi connectivity index (χ2v) is 7.74. The second kappa shape index (κ2) is 9.05. The van der Waals surface area contributed by atoms with Gasteiger partial charge in [-0.15, -0.1) is 0 Å². The molecule has 0 spiro atoms. The van der Waals surface area contributed by atoms with Gasteiger partial charge in [-0.1, -0.05) is 0 Å². The zero-order valence-electron chi connectivity index (χ0n) is 16.8. The van der Waals surface area contributed by atoms with E-state index in [1.807, 2.05) is 0 Å². The van der Waals surface area contributed by atoms with Gasteiger partial charge in [-0.25, -0.2) is 0 Å². The lowest BCUT2D eigenvalue weighted by atomic mass is 9.90. The maximum atomic E-state index is 13.2. The van der Waals surface area contributed by atoms with E-state index in [1.165, 1.54) is 6.07 Å². The summed E-state index contributed by atoms with van der Waals surface area (Å²) < 4.78 is 118. The minimum absolute atomic E-state index is 0.0101. The molecule has 0 saturated carbocycles. The Morgan fingerprint density at radius 3 is 1.91 bits per heavy atom. The molecule has 0 aromatic heterocycles. The van der Waals surface area contributed by atoms with Crippen molar-refractivity contribution in [1.29, 1.82) is 0 Å². The molecule has 2 aromatic carbocycles. The zero-order chi connectivity index (χ0) is 24.6. The summed E-state index contributed by atoms with van der Waals surface area (Å²) in [7, 11) is 0. The van der Waals surface area contributed by atoms with Crippen LogP contribution in [0.25, 0.3) is 0 Å². The molecule has 33 heavy (non-hydrogen) atoms. The summed E-state index contributed by atoms with van der Waals surface area (Å²) in [4.78, 5) is 0. The molecule has 0 saturated heterocycles. The lowest BCUT2D eigenvalue weighted by Crippen LogP contribution is -2.35. The quantitative estimate of drug-likeness (QED) is 0.445. The van der Waals surface area contributed by atoms with Crippen molar-refractivity contribution in [3.8, 4) is 0 Å². The van der Waals surface area contributed by atoms with Gasteiger partial charge in [0.15, 0.2) is 0 Å². The van der Waals surface area contributed by atoms with E-state index >= 15 is 0 Å². The lowest BCUT2D eigenvalue weighted by Gasteiger charge is -2.34. The molecule has 1 heterocycles. The minimum atomic E-state index is -5.01. The molecule has 1 aliphatic heterocycles. The van der Waals surface area contributed by atoms with Crippen molar-refractivity contribution in [2.24, 2.45) is 0 Å². The van der Waals surface area contributed by atoms with Crippen LogP contribution in [0.3, 0.4) is 0 Å². The first-order chi connectivity index (χ1) is 15.2. The first-order valence-electron chi connectivity index (χ1n) is 9.79. The van der Waals surface area contributed by atoms with Crippen LogP contribution in [0, 0.1) is 0 Å². The van der Waals surface area contributed by atoms with Gasteiger partial charge in [0.2, 0.25) is 0 Å². The fourth-order valence-corrected chi connectivity index (χ4v) is 3.75. The van der Waals surface area contributed by atoms with Crippen molar-refractivity contribution in [1.82, 2.24) is 5.32 Å². The number of nitrogens with one attached hydrogen (secondary N) is 2. The van der Waals surface area contributed by atoms with Gasteiger partial charge in [0.1, 0.15) is 0 Å². The maximum absolute atomic E-state index is 13.2. The van der Waals surface area contributed by atoms with Gasteiger partial charge in [0.25, 0.3) is 0 Å². The van der Waals surface area contributed by atoms with Crippen LogP contribution in [0.5, 0.6) is 0 Å². The van der Waals surface area contributed by atoms with Crippen LogP contribution in [0.1, 0.15) is 46.7 Å². The highest BCUT2D eigenvalue weighted by Gasteiger charge is 2.37. The summed E-state index contributed by atoms with van der Waals surface area (Å²) in [5.74, 6) is 0. The Balaban J connectivity index is 1.93. The number of aliphatic hydroxyl groups excluding tert-OH is 1. The highest BCUT2D eigenvalue weighted by atomic mass is 19.4. The molecule has 2 atom stereocenters. The van der Waals surface area contributed by atoms with E-state index in [1.54, 1.807) is 0 Å². The summed E-state index contributed by atoms with van der Waals surface area (Å²) >= 11 is 0. The van der Waals surface area contributed by atoms with Gasteiger partial charge in [-0.3, -0.25) is 0 Å². The van der Waals surface area contributed by atoms with Crippen molar-refractivity contribution in [3.63, 3.8) is 0 Å². The first kappa shape index (κ1) is 25.2. The van der Waals surface area contributed by atoms with E-state index in [2.05, 4.69) is 10.6 Å². The average Bonchev–Trinajstić information content (AvgIpc) is 2.69. The Kier molecular flexibility index (Phi) is 6.90. The van der Waals surface area contributed by atoms with Gasteiger partial charge in [0.05, 0.1) is 16.7 Å². The third-order valence-electron chi connectivity index (χ3n) is 5.31. The predicted molar refractivity (Wildman–Crippen MR) is 101 cm³/mol. The fraction of sp³-hybridized carbons (Fsp3) is 0.429. The van der Waals surface area contributed by atoms with E-state index in [9.17, 15) is 44.6 Å². The van der Waals surface area contributed by atoms with E-state index in [0.717, 1.165) is 12.1 Å². The standard InChI is InChI=1S/C21H19F9N2O/c22-19(23,24)12-1-2-17-16(8-12)18(9-15(32-17)3-4-33)31-10-11-5-13(20(25,26)27)7-14(6-11)21(28,29)30/h1-2,5-8,15,18,31-33H,3-4,9-10H2/t15-,18?/m1/s1. The number of alkyl halides is 9. The van der Waals surface area contributed by atoms with E-state index in [0.29, 0.717) is 17.8 Å². The number of hydrogen-bond donors (Lipinski definition) is 3. The third-order valence-corrected chi connectivity index (χ3v) is 5.31. The number of benzene rings is 2. The van der Waals surface area contributed by atoms with Crippen molar-refractivity contribution < 1.29 is 44.6 Å². The minimum Gasteiger partial charge on any atom is -0.396 e. The van der Waals surface area contributed by atoms with Crippen LogP contribution in [0.4, 0.5) is 45.2 Å². The van der Waals surface area contributed by atoms with Crippen LogP contribution in [0.15, 0.2) is 36.4 Å². The SMILES string of the molecule is OCC[C@@H]1CC(NCc2cc(C(F)(F)F)cc(C(F)(F)F)c2)c2cc(C(F)(F)F)ccc2N1. The predicted octanol–water partition coefficient (Wildman–Crippen LogP) is 6.14. The molecule has 182 valence electrons. The molecule has 12 heteroatoms.